The van der Waals surface area contributed by atoms with Gasteiger partial charge in [-0.05, 0) is 104 Å². The van der Waals surface area contributed by atoms with E-state index >= 15 is 0 Å². The monoisotopic (exact) mass is 590 g/mol. The highest BCUT2D eigenvalue weighted by Gasteiger charge is 2.24. The number of amidine groups is 1. The van der Waals surface area contributed by atoms with Crippen molar-refractivity contribution in [1.29, 1.82) is 0 Å². The van der Waals surface area contributed by atoms with Crippen LogP contribution in [-0.4, -0.2) is 11.1 Å². The van der Waals surface area contributed by atoms with Gasteiger partial charge >= 0.3 is 0 Å². The molecule has 32 heavy (non-hydrogen) atoms. The molecule has 1 N–H and O–H groups in total. The fraction of sp³-hybridized carbons (Fsp3) is 0.0833. The predicted octanol–water partition coefficient (Wildman–Crippen LogP) is 7.64. The van der Waals surface area contributed by atoms with Crippen molar-refractivity contribution in [3.8, 4) is 5.75 Å². The van der Waals surface area contributed by atoms with E-state index in [0.717, 1.165) is 25.8 Å². The molecule has 3 aromatic carbocycles. The fourth-order valence-electron chi connectivity index (χ4n) is 2.91. The Bertz CT molecular complexity index is 1200. The first-order valence-corrected chi connectivity index (χ1v) is 12.4. The molecule has 1 saturated heterocycles. The lowest BCUT2D eigenvalue weighted by molar-refractivity contribution is -0.115. The molecule has 1 aliphatic rings. The van der Waals surface area contributed by atoms with Gasteiger partial charge in [-0.2, -0.15) is 0 Å². The molecule has 1 amide bonds. The summed E-state index contributed by atoms with van der Waals surface area (Å²) in [6, 6.07) is 19.2. The molecule has 0 aromatic heterocycles. The number of halogens is 3. The molecule has 4 nitrogen and oxygen atoms in total. The van der Waals surface area contributed by atoms with E-state index in [-0.39, 0.29) is 5.91 Å². The third-order valence-corrected chi connectivity index (χ3v) is 6.87. The largest absolute Gasteiger partial charge is 0.487 e. The van der Waals surface area contributed by atoms with Gasteiger partial charge in [-0.3, -0.25) is 4.79 Å². The molecule has 0 radical (unpaired) electrons. The highest BCUT2D eigenvalue weighted by Crippen LogP contribution is 2.37. The number of thioether (sulfide) groups is 1. The molecule has 162 valence electrons. The highest BCUT2D eigenvalue weighted by atomic mass is 79.9. The summed E-state index contributed by atoms with van der Waals surface area (Å²) in [5.74, 6) is 0.524. The summed E-state index contributed by atoms with van der Waals surface area (Å²) in [6.45, 7) is 2.52. The molecule has 0 aliphatic carbocycles. The Morgan fingerprint density at radius 3 is 2.38 bits per heavy atom. The number of ether oxygens (including phenoxy) is 1. The van der Waals surface area contributed by atoms with Crippen molar-refractivity contribution in [1.82, 2.24) is 5.32 Å². The minimum atomic E-state index is -0.186. The normalized spacial score (nSPS) is 15.9. The lowest BCUT2D eigenvalue weighted by atomic mass is 10.1. The highest BCUT2D eigenvalue weighted by molar-refractivity contribution is 9.11. The first kappa shape index (κ1) is 23.1. The van der Waals surface area contributed by atoms with Crippen LogP contribution in [0.1, 0.15) is 16.7 Å². The molecule has 0 spiro atoms. The molecule has 0 unspecified atom stereocenters. The number of carbonyl (C=O) groups is 1. The van der Waals surface area contributed by atoms with Gasteiger partial charge in [0.05, 0.1) is 19.5 Å². The number of amides is 1. The third-order valence-electron chi connectivity index (χ3n) is 4.53. The van der Waals surface area contributed by atoms with Gasteiger partial charge in [-0.1, -0.05) is 41.4 Å². The zero-order valence-corrected chi connectivity index (χ0v) is 21.6. The molecular formula is C24H17Br2ClN2O2S. The van der Waals surface area contributed by atoms with Crippen LogP contribution in [0.3, 0.4) is 0 Å². The van der Waals surface area contributed by atoms with Crippen molar-refractivity contribution in [3.63, 3.8) is 0 Å². The quantitative estimate of drug-likeness (QED) is 0.310. The smallest absolute Gasteiger partial charge is 0.264 e. The van der Waals surface area contributed by atoms with Crippen molar-refractivity contribution in [2.75, 3.05) is 0 Å². The van der Waals surface area contributed by atoms with E-state index in [1.54, 1.807) is 24.3 Å². The number of aliphatic imine (C=N–C) groups is 1. The second-order valence-electron chi connectivity index (χ2n) is 7.05. The first-order valence-electron chi connectivity index (χ1n) is 9.60. The van der Waals surface area contributed by atoms with Gasteiger partial charge in [0.25, 0.3) is 5.91 Å². The number of rotatable bonds is 5. The predicted molar refractivity (Wildman–Crippen MR) is 140 cm³/mol. The van der Waals surface area contributed by atoms with Crippen LogP contribution < -0.4 is 10.1 Å². The van der Waals surface area contributed by atoms with Crippen molar-refractivity contribution < 1.29 is 9.53 Å². The van der Waals surface area contributed by atoms with Crippen molar-refractivity contribution >= 4 is 78.1 Å². The van der Waals surface area contributed by atoms with Crippen LogP contribution in [0, 0.1) is 6.92 Å². The SMILES string of the molecule is Cc1ccc(COc2c(Br)cc(/C=C3\SC(=Nc4ccc(Cl)cc4)NC3=O)cc2Br)cc1. The molecule has 4 rings (SSSR count). The minimum Gasteiger partial charge on any atom is -0.487 e. The molecular weight excluding hydrogens is 576 g/mol. The zero-order valence-electron chi connectivity index (χ0n) is 16.9. The molecule has 0 bridgehead atoms. The number of benzene rings is 3. The van der Waals surface area contributed by atoms with E-state index < -0.39 is 0 Å². The van der Waals surface area contributed by atoms with Gasteiger partial charge in [0, 0.05) is 5.02 Å². The number of nitrogens with zero attached hydrogens (tertiary/aromatic N) is 1. The molecule has 0 saturated carbocycles. The third kappa shape index (κ3) is 5.84. The molecule has 1 heterocycles. The van der Waals surface area contributed by atoms with E-state index in [9.17, 15) is 4.79 Å². The van der Waals surface area contributed by atoms with Crippen LogP contribution in [0.15, 0.2) is 79.5 Å². The number of hydrogen-bond donors (Lipinski definition) is 1. The summed E-state index contributed by atoms with van der Waals surface area (Å²) in [5, 5.41) is 3.96. The number of nitrogens with one attached hydrogen (secondary N) is 1. The molecule has 1 fully saturated rings. The van der Waals surface area contributed by atoms with Gasteiger partial charge in [0.15, 0.2) is 5.17 Å². The van der Waals surface area contributed by atoms with Crippen molar-refractivity contribution in [3.05, 3.63) is 96.2 Å². The molecule has 8 heteroatoms. The van der Waals surface area contributed by atoms with Crippen molar-refractivity contribution in [2.24, 2.45) is 4.99 Å². The van der Waals surface area contributed by atoms with Crippen LogP contribution in [0.2, 0.25) is 5.02 Å². The second kappa shape index (κ2) is 10.3. The Labute approximate surface area is 212 Å². The standard InChI is InChI=1S/C24H17Br2ClN2O2S/c1-14-2-4-15(5-3-14)13-31-22-19(25)10-16(11-20(22)26)12-21-23(30)29-24(32-21)28-18-8-6-17(27)7-9-18/h2-12H,13H2,1H3,(H,28,29,30)/b21-12-. The first-order chi connectivity index (χ1) is 15.4. The van der Waals surface area contributed by atoms with Gasteiger partial charge in [0.2, 0.25) is 0 Å². The number of carbonyl (C=O) groups excluding carboxylic acids is 1. The maximum atomic E-state index is 12.4. The maximum absolute atomic E-state index is 12.4. The van der Waals surface area contributed by atoms with Crippen LogP contribution in [-0.2, 0) is 11.4 Å². The summed E-state index contributed by atoms with van der Waals surface area (Å²) in [7, 11) is 0. The lowest BCUT2D eigenvalue weighted by Crippen LogP contribution is -2.19. The Morgan fingerprint density at radius 2 is 1.72 bits per heavy atom. The second-order valence-corrected chi connectivity index (χ2v) is 10.2. The topological polar surface area (TPSA) is 50.7 Å². The van der Waals surface area contributed by atoms with Crippen LogP contribution in [0.5, 0.6) is 5.75 Å². The Morgan fingerprint density at radius 1 is 1.06 bits per heavy atom. The average Bonchev–Trinajstić information content (AvgIpc) is 3.09. The van der Waals surface area contributed by atoms with Crippen LogP contribution >= 0.6 is 55.2 Å². The zero-order chi connectivity index (χ0) is 22.7. The Kier molecular flexibility index (Phi) is 7.40. The summed E-state index contributed by atoms with van der Waals surface area (Å²) >= 11 is 14.4. The van der Waals surface area contributed by atoms with Gasteiger partial charge < -0.3 is 10.1 Å². The van der Waals surface area contributed by atoms with E-state index in [2.05, 4.69) is 73.4 Å². The van der Waals surface area contributed by atoms with Crippen LogP contribution in [0.4, 0.5) is 5.69 Å². The Hall–Kier alpha value is -2.06. The lowest BCUT2D eigenvalue weighted by Gasteiger charge is -2.12. The summed E-state index contributed by atoms with van der Waals surface area (Å²) in [6.07, 6.45) is 1.82. The van der Waals surface area contributed by atoms with Crippen molar-refractivity contribution in [2.45, 2.75) is 13.5 Å². The van der Waals surface area contributed by atoms with E-state index in [1.165, 1.54) is 17.3 Å². The van der Waals surface area contributed by atoms with E-state index in [4.69, 9.17) is 16.3 Å². The van der Waals surface area contributed by atoms with E-state index in [1.807, 2.05) is 18.2 Å². The maximum Gasteiger partial charge on any atom is 0.264 e. The van der Waals surface area contributed by atoms with Gasteiger partial charge in [-0.25, -0.2) is 4.99 Å². The van der Waals surface area contributed by atoms with Crippen LogP contribution in [0.25, 0.3) is 6.08 Å². The number of hydrogen-bond acceptors (Lipinski definition) is 4. The van der Waals surface area contributed by atoms with E-state index in [0.29, 0.717) is 27.5 Å². The molecule has 1 aliphatic heterocycles. The summed E-state index contributed by atoms with van der Waals surface area (Å²) in [5.41, 5.74) is 3.88. The number of aryl methyl sites for hydroxylation is 1. The average molecular weight is 593 g/mol. The van der Waals surface area contributed by atoms with Gasteiger partial charge in [0.1, 0.15) is 12.4 Å². The minimum absolute atomic E-state index is 0.186. The fourth-order valence-corrected chi connectivity index (χ4v) is 5.32. The summed E-state index contributed by atoms with van der Waals surface area (Å²) < 4.78 is 7.60. The molecule has 3 aromatic rings. The Balaban J connectivity index is 1.49. The summed E-state index contributed by atoms with van der Waals surface area (Å²) in [4.78, 5) is 17.4. The molecule has 0 atom stereocenters. The van der Waals surface area contributed by atoms with Gasteiger partial charge in [-0.15, -0.1) is 0 Å².